The topological polar surface area (TPSA) is 114 Å². The van der Waals surface area contributed by atoms with Gasteiger partial charge in [0.15, 0.2) is 0 Å². The van der Waals surface area contributed by atoms with Crippen LogP contribution in [0.4, 0.5) is 0 Å². The summed E-state index contributed by atoms with van der Waals surface area (Å²) in [7, 11) is 0. The summed E-state index contributed by atoms with van der Waals surface area (Å²) in [5.74, 6) is 0.716. The lowest BCUT2D eigenvalue weighted by Gasteiger charge is -2.06. The standard InChI is InChI=1S/C14H20O6/c15-7-10(6-11(18)8-16)2-1-3-13(19)14-5-4-12(9-17)20-14/h1,4-5,11,13,15-19H,3,6-9H2/t2?,11-,13-/m1/s1. The van der Waals surface area contributed by atoms with E-state index < -0.39 is 12.2 Å². The predicted molar refractivity (Wildman–Crippen MR) is 70.6 cm³/mol. The molecule has 2 atom stereocenters. The smallest absolute Gasteiger partial charge is 0.133 e. The third-order valence-electron chi connectivity index (χ3n) is 2.70. The van der Waals surface area contributed by atoms with Crippen LogP contribution in [0.3, 0.4) is 0 Å². The minimum atomic E-state index is -0.930. The molecular weight excluding hydrogens is 264 g/mol. The van der Waals surface area contributed by atoms with Gasteiger partial charge in [0.1, 0.15) is 24.2 Å². The molecule has 0 aliphatic heterocycles. The third-order valence-corrected chi connectivity index (χ3v) is 2.70. The second-order valence-corrected chi connectivity index (χ2v) is 4.36. The van der Waals surface area contributed by atoms with Crippen LogP contribution in [-0.4, -0.2) is 44.9 Å². The van der Waals surface area contributed by atoms with Gasteiger partial charge in [-0.25, -0.2) is 0 Å². The van der Waals surface area contributed by atoms with E-state index in [-0.39, 0.29) is 32.7 Å². The molecule has 0 fully saturated rings. The Kier molecular flexibility index (Phi) is 7.25. The van der Waals surface area contributed by atoms with Crippen molar-refractivity contribution < 1.29 is 29.9 Å². The van der Waals surface area contributed by atoms with Crippen molar-refractivity contribution in [3.8, 4) is 0 Å². The monoisotopic (exact) mass is 284 g/mol. The fraction of sp³-hybridized carbons (Fsp3) is 0.500. The van der Waals surface area contributed by atoms with E-state index in [2.05, 4.69) is 5.73 Å². The summed E-state index contributed by atoms with van der Waals surface area (Å²) in [6, 6.07) is 3.16. The average molecular weight is 284 g/mol. The van der Waals surface area contributed by atoms with E-state index in [1.165, 1.54) is 6.08 Å². The first-order valence-electron chi connectivity index (χ1n) is 6.31. The minimum Gasteiger partial charge on any atom is -0.461 e. The van der Waals surface area contributed by atoms with Gasteiger partial charge in [0, 0.05) is 12.8 Å². The molecule has 0 spiro atoms. The van der Waals surface area contributed by atoms with Gasteiger partial charge in [-0.1, -0.05) is 0 Å². The Hall–Kier alpha value is -1.40. The molecule has 0 saturated heterocycles. The van der Waals surface area contributed by atoms with Crippen molar-refractivity contribution in [1.82, 2.24) is 0 Å². The van der Waals surface area contributed by atoms with Crippen molar-refractivity contribution >= 4 is 0 Å². The van der Waals surface area contributed by atoms with Crippen molar-refractivity contribution in [2.75, 3.05) is 13.2 Å². The fourth-order valence-electron chi connectivity index (χ4n) is 1.61. The highest BCUT2D eigenvalue weighted by Crippen LogP contribution is 2.20. The van der Waals surface area contributed by atoms with Crippen molar-refractivity contribution in [3.63, 3.8) is 0 Å². The van der Waals surface area contributed by atoms with Gasteiger partial charge in [0.25, 0.3) is 0 Å². The van der Waals surface area contributed by atoms with E-state index >= 15 is 0 Å². The molecule has 1 aromatic rings. The van der Waals surface area contributed by atoms with Gasteiger partial charge in [-0.2, -0.15) is 0 Å². The van der Waals surface area contributed by atoms with Gasteiger partial charge in [-0.05, 0) is 23.8 Å². The van der Waals surface area contributed by atoms with Gasteiger partial charge in [0.05, 0.1) is 19.3 Å². The first-order valence-corrected chi connectivity index (χ1v) is 6.31. The number of rotatable bonds is 8. The summed E-state index contributed by atoms with van der Waals surface area (Å²) in [4.78, 5) is 0. The number of hydrogen-bond donors (Lipinski definition) is 5. The van der Waals surface area contributed by atoms with Crippen molar-refractivity contribution in [2.45, 2.75) is 31.7 Å². The summed E-state index contributed by atoms with van der Waals surface area (Å²) in [5.41, 5.74) is 3.21. The predicted octanol–water partition coefficient (Wildman–Crippen LogP) is 0.0125. The van der Waals surface area contributed by atoms with Crippen LogP contribution >= 0.6 is 0 Å². The summed E-state index contributed by atoms with van der Waals surface area (Å²) >= 11 is 0. The maximum atomic E-state index is 9.84. The molecule has 1 rings (SSSR count). The molecule has 0 radical (unpaired) electrons. The summed E-state index contributed by atoms with van der Waals surface area (Å²) in [6.07, 6.45) is 0.0683. The molecule has 0 aromatic carbocycles. The Bertz CT molecular complexity index is 458. The Morgan fingerprint density at radius 3 is 2.55 bits per heavy atom. The molecule has 6 heteroatoms. The van der Waals surface area contributed by atoms with E-state index in [0.717, 1.165) is 0 Å². The second kappa shape index (κ2) is 8.71. The zero-order valence-corrected chi connectivity index (χ0v) is 11.1. The lowest BCUT2D eigenvalue weighted by molar-refractivity contribution is 0.0930. The molecule has 0 unspecified atom stereocenters. The first-order chi connectivity index (χ1) is 9.60. The quantitative estimate of drug-likeness (QED) is 0.430. The lowest BCUT2D eigenvalue weighted by Crippen LogP contribution is -2.13. The van der Waals surface area contributed by atoms with Crippen LogP contribution in [0.25, 0.3) is 0 Å². The molecule has 20 heavy (non-hydrogen) atoms. The minimum absolute atomic E-state index is 0.120. The van der Waals surface area contributed by atoms with Gasteiger partial charge >= 0.3 is 0 Å². The van der Waals surface area contributed by atoms with Gasteiger partial charge < -0.3 is 29.9 Å². The largest absolute Gasteiger partial charge is 0.461 e. The molecular formula is C14H20O6. The highest BCUT2D eigenvalue weighted by molar-refractivity contribution is 5.10. The lowest BCUT2D eigenvalue weighted by atomic mass is 10.1. The molecule has 0 bridgehead atoms. The van der Waals surface area contributed by atoms with Crippen molar-refractivity contribution in [2.24, 2.45) is 0 Å². The van der Waals surface area contributed by atoms with Crippen LogP contribution in [0.15, 0.2) is 33.9 Å². The highest BCUT2D eigenvalue weighted by Gasteiger charge is 2.10. The maximum Gasteiger partial charge on any atom is 0.133 e. The molecule has 1 aromatic heterocycles. The first kappa shape index (κ1) is 16.7. The number of aliphatic hydroxyl groups is 5. The SMILES string of the molecule is OCC(=C=CC[C@@H](O)c1ccc(CO)o1)C[C@@H](O)CO. The van der Waals surface area contributed by atoms with Crippen LogP contribution in [0.2, 0.25) is 0 Å². The molecule has 112 valence electrons. The zero-order valence-electron chi connectivity index (χ0n) is 11.1. The Labute approximate surface area is 116 Å². The van der Waals surface area contributed by atoms with Gasteiger partial charge in [-0.3, -0.25) is 0 Å². The summed E-state index contributed by atoms with van der Waals surface area (Å²) in [5, 5.41) is 45.7. The van der Waals surface area contributed by atoms with E-state index in [1.807, 2.05) is 0 Å². The maximum absolute atomic E-state index is 9.84. The summed E-state index contributed by atoms with van der Waals surface area (Å²) in [6.45, 7) is -0.890. The van der Waals surface area contributed by atoms with Crippen LogP contribution < -0.4 is 0 Å². The molecule has 1 heterocycles. The van der Waals surface area contributed by atoms with Crippen molar-refractivity contribution in [1.29, 1.82) is 0 Å². The zero-order chi connectivity index (χ0) is 15.0. The van der Waals surface area contributed by atoms with Gasteiger partial charge in [-0.15, -0.1) is 5.73 Å². The van der Waals surface area contributed by atoms with E-state index in [9.17, 15) is 10.2 Å². The molecule has 6 nitrogen and oxygen atoms in total. The van der Waals surface area contributed by atoms with Crippen LogP contribution in [0.1, 0.15) is 30.5 Å². The second-order valence-electron chi connectivity index (χ2n) is 4.36. The summed E-state index contributed by atoms with van der Waals surface area (Å²) < 4.78 is 5.18. The Morgan fingerprint density at radius 2 is 2.00 bits per heavy atom. The van der Waals surface area contributed by atoms with E-state index in [4.69, 9.17) is 19.7 Å². The molecule has 0 amide bonds. The Balaban J connectivity index is 2.60. The van der Waals surface area contributed by atoms with Crippen molar-refractivity contribution in [3.05, 3.63) is 41.0 Å². The molecule has 0 saturated carbocycles. The number of aliphatic hydroxyl groups excluding tert-OH is 5. The number of furan rings is 1. The van der Waals surface area contributed by atoms with Gasteiger partial charge in [0.2, 0.25) is 0 Å². The van der Waals surface area contributed by atoms with E-state index in [1.54, 1.807) is 12.1 Å². The third kappa shape index (κ3) is 5.30. The highest BCUT2D eigenvalue weighted by atomic mass is 16.4. The van der Waals surface area contributed by atoms with Crippen LogP contribution in [-0.2, 0) is 6.61 Å². The Morgan fingerprint density at radius 1 is 1.25 bits per heavy atom. The fourth-order valence-corrected chi connectivity index (χ4v) is 1.61. The number of hydrogen-bond acceptors (Lipinski definition) is 6. The molecule has 5 N–H and O–H groups in total. The normalized spacial score (nSPS) is 13.7. The average Bonchev–Trinajstić information content (AvgIpc) is 2.94. The van der Waals surface area contributed by atoms with Crippen LogP contribution in [0, 0.1) is 0 Å². The molecule has 0 aliphatic rings. The molecule has 0 aliphatic carbocycles. The van der Waals surface area contributed by atoms with E-state index in [0.29, 0.717) is 17.1 Å². The van der Waals surface area contributed by atoms with Crippen LogP contribution in [0.5, 0.6) is 0 Å².